The minimum atomic E-state index is -0.675. The van der Waals surface area contributed by atoms with Crippen molar-refractivity contribution < 1.29 is 9.53 Å². The second kappa shape index (κ2) is 5.17. The van der Waals surface area contributed by atoms with Crippen LogP contribution in [-0.2, 0) is 9.53 Å². The topological polar surface area (TPSA) is 81.9 Å². The van der Waals surface area contributed by atoms with Gasteiger partial charge in [0.1, 0.15) is 12.0 Å². The number of tetrazole rings is 1. The summed E-state index contributed by atoms with van der Waals surface area (Å²) in [6.45, 7) is 3.88. The van der Waals surface area contributed by atoms with Gasteiger partial charge in [-0.3, -0.25) is 4.79 Å². The molecule has 108 valence electrons. The number of halogens is 1. The maximum Gasteiger partial charge on any atom is 0.317 e. The summed E-state index contributed by atoms with van der Waals surface area (Å²) in [5.74, 6) is -0.699. The molecule has 1 N–H and O–H groups in total. The molecule has 1 aliphatic rings. The van der Waals surface area contributed by atoms with E-state index in [-0.39, 0.29) is 0 Å². The van der Waals surface area contributed by atoms with Gasteiger partial charge in [0.05, 0.1) is 7.11 Å². The maximum atomic E-state index is 12.2. The molecule has 2 unspecified atom stereocenters. The summed E-state index contributed by atoms with van der Waals surface area (Å²) in [7, 11) is 1.33. The van der Waals surface area contributed by atoms with E-state index in [1.54, 1.807) is 6.07 Å². The van der Waals surface area contributed by atoms with Crippen LogP contribution in [0.25, 0.3) is 0 Å². The average molecular weight is 306 g/mol. The molecule has 0 bridgehead atoms. The van der Waals surface area contributed by atoms with Crippen molar-refractivity contribution in [1.29, 1.82) is 0 Å². The number of esters is 1. The van der Waals surface area contributed by atoms with E-state index >= 15 is 0 Å². The molecule has 1 aromatic carbocycles. The van der Waals surface area contributed by atoms with Gasteiger partial charge >= 0.3 is 5.97 Å². The molecular weight excluding hydrogens is 294 g/mol. The van der Waals surface area contributed by atoms with Crippen molar-refractivity contribution >= 4 is 23.5 Å². The standard InChI is InChI=1S/C13H12ClN5O2/c1-7-10(12(20)21-2)11(8-5-3-4-6-9(8)14)19-13(15-7)16-17-18-19/h3-6,10-11H,1H2,2H3,(H,15,16,18). The van der Waals surface area contributed by atoms with Crippen molar-refractivity contribution in [3.8, 4) is 0 Å². The Morgan fingerprint density at radius 1 is 1.48 bits per heavy atom. The third-order valence-corrected chi connectivity index (χ3v) is 3.74. The molecule has 2 aromatic rings. The molecule has 0 aliphatic carbocycles. The van der Waals surface area contributed by atoms with Crippen molar-refractivity contribution in [2.24, 2.45) is 5.92 Å². The zero-order valence-electron chi connectivity index (χ0n) is 11.2. The number of hydrogen-bond acceptors (Lipinski definition) is 6. The molecule has 21 heavy (non-hydrogen) atoms. The molecular formula is C13H12ClN5O2. The largest absolute Gasteiger partial charge is 0.468 e. The Morgan fingerprint density at radius 2 is 2.24 bits per heavy atom. The van der Waals surface area contributed by atoms with Crippen molar-refractivity contribution in [1.82, 2.24) is 20.2 Å². The number of fused-ring (bicyclic) bond motifs is 1. The van der Waals surface area contributed by atoms with E-state index in [0.717, 1.165) is 5.56 Å². The Bertz CT molecular complexity index is 714. The summed E-state index contributed by atoms with van der Waals surface area (Å²) in [5, 5.41) is 14.9. The quantitative estimate of drug-likeness (QED) is 0.850. The lowest BCUT2D eigenvalue weighted by atomic mass is 9.89. The number of methoxy groups -OCH3 is 1. The molecule has 1 aromatic heterocycles. The van der Waals surface area contributed by atoms with E-state index in [2.05, 4.69) is 27.4 Å². The molecule has 0 saturated carbocycles. The van der Waals surface area contributed by atoms with Gasteiger partial charge in [-0.05, 0) is 22.1 Å². The smallest absolute Gasteiger partial charge is 0.317 e. The van der Waals surface area contributed by atoms with Gasteiger partial charge in [-0.25, -0.2) is 4.68 Å². The van der Waals surface area contributed by atoms with Gasteiger partial charge < -0.3 is 10.1 Å². The molecule has 0 radical (unpaired) electrons. The molecule has 0 saturated heterocycles. The summed E-state index contributed by atoms with van der Waals surface area (Å²) < 4.78 is 6.39. The number of nitrogens with one attached hydrogen (secondary N) is 1. The monoisotopic (exact) mass is 305 g/mol. The van der Waals surface area contributed by atoms with E-state index < -0.39 is 17.9 Å². The van der Waals surface area contributed by atoms with Gasteiger partial charge in [0.15, 0.2) is 0 Å². The highest BCUT2D eigenvalue weighted by molar-refractivity contribution is 6.31. The number of aromatic nitrogens is 4. The SMILES string of the molecule is C=C1Nc2nnnn2C(c2ccccc2Cl)C1C(=O)OC. The van der Waals surface area contributed by atoms with Crippen molar-refractivity contribution in [2.45, 2.75) is 6.04 Å². The summed E-state index contributed by atoms with van der Waals surface area (Å²) >= 11 is 6.27. The Morgan fingerprint density at radius 3 is 2.95 bits per heavy atom. The summed E-state index contributed by atoms with van der Waals surface area (Å²) in [6, 6.07) is 6.72. The summed E-state index contributed by atoms with van der Waals surface area (Å²) in [5.41, 5.74) is 1.19. The molecule has 0 amide bonds. The number of carbonyl (C=O) groups excluding carboxylic acids is 1. The minimum absolute atomic E-state index is 0.407. The van der Waals surface area contributed by atoms with Crippen LogP contribution >= 0.6 is 11.6 Å². The number of rotatable bonds is 2. The molecule has 8 heteroatoms. The van der Waals surface area contributed by atoms with Crippen LogP contribution in [0.4, 0.5) is 5.95 Å². The highest BCUT2D eigenvalue weighted by atomic mass is 35.5. The highest BCUT2D eigenvalue weighted by Crippen LogP contribution is 2.39. The van der Waals surface area contributed by atoms with Gasteiger partial charge in [-0.15, -0.1) is 0 Å². The number of anilines is 1. The van der Waals surface area contributed by atoms with E-state index in [4.69, 9.17) is 16.3 Å². The Hall–Kier alpha value is -2.41. The first-order chi connectivity index (χ1) is 10.1. The lowest BCUT2D eigenvalue weighted by molar-refractivity contribution is -0.145. The number of benzene rings is 1. The van der Waals surface area contributed by atoms with Crippen LogP contribution in [0.5, 0.6) is 0 Å². The molecule has 1 aliphatic heterocycles. The minimum Gasteiger partial charge on any atom is -0.468 e. The number of nitrogens with zero attached hydrogens (tertiary/aromatic N) is 4. The van der Waals surface area contributed by atoms with Gasteiger partial charge in [0, 0.05) is 10.7 Å². The highest BCUT2D eigenvalue weighted by Gasteiger charge is 2.41. The fraction of sp³-hybridized carbons (Fsp3) is 0.231. The van der Waals surface area contributed by atoms with Crippen LogP contribution in [0.2, 0.25) is 5.02 Å². The van der Waals surface area contributed by atoms with Crippen LogP contribution < -0.4 is 5.32 Å². The first kappa shape index (κ1) is 13.6. The fourth-order valence-corrected chi connectivity index (χ4v) is 2.69. The van der Waals surface area contributed by atoms with Crippen molar-refractivity contribution in [3.63, 3.8) is 0 Å². The second-order valence-electron chi connectivity index (χ2n) is 4.56. The number of hydrogen-bond donors (Lipinski definition) is 1. The van der Waals surface area contributed by atoms with Crippen LogP contribution in [-0.4, -0.2) is 33.3 Å². The Labute approximate surface area is 125 Å². The third kappa shape index (κ3) is 2.15. The normalized spacial score (nSPS) is 20.6. The lowest BCUT2D eigenvalue weighted by Crippen LogP contribution is -2.37. The molecule has 0 fully saturated rings. The molecule has 2 heterocycles. The van der Waals surface area contributed by atoms with Gasteiger partial charge in [-0.1, -0.05) is 41.5 Å². The predicted molar refractivity (Wildman–Crippen MR) is 75.7 cm³/mol. The van der Waals surface area contributed by atoms with Crippen LogP contribution in [0.15, 0.2) is 36.5 Å². The zero-order valence-corrected chi connectivity index (χ0v) is 11.9. The van der Waals surface area contributed by atoms with E-state index in [1.807, 2.05) is 18.2 Å². The average Bonchev–Trinajstić information content (AvgIpc) is 2.93. The van der Waals surface area contributed by atoms with Crippen LogP contribution in [0, 0.1) is 5.92 Å². The summed E-state index contributed by atoms with van der Waals surface area (Å²) in [6.07, 6.45) is 0. The van der Waals surface area contributed by atoms with E-state index in [9.17, 15) is 4.79 Å². The Balaban J connectivity index is 2.19. The van der Waals surface area contributed by atoms with Gasteiger partial charge in [0.2, 0.25) is 5.95 Å². The molecule has 7 nitrogen and oxygen atoms in total. The molecule has 0 spiro atoms. The zero-order chi connectivity index (χ0) is 15.0. The fourth-order valence-electron chi connectivity index (χ4n) is 2.44. The molecule has 2 atom stereocenters. The predicted octanol–water partition coefficient (Wildman–Crippen LogP) is 1.64. The Kier molecular flexibility index (Phi) is 3.34. The third-order valence-electron chi connectivity index (χ3n) is 3.40. The van der Waals surface area contributed by atoms with Crippen LogP contribution in [0.1, 0.15) is 11.6 Å². The van der Waals surface area contributed by atoms with Crippen molar-refractivity contribution in [3.05, 3.63) is 47.1 Å². The first-order valence-electron chi connectivity index (χ1n) is 6.19. The number of ether oxygens (including phenoxy) is 1. The first-order valence-corrected chi connectivity index (χ1v) is 6.57. The van der Waals surface area contributed by atoms with Gasteiger partial charge in [0.25, 0.3) is 0 Å². The van der Waals surface area contributed by atoms with E-state index in [1.165, 1.54) is 11.8 Å². The maximum absolute atomic E-state index is 12.2. The van der Waals surface area contributed by atoms with Crippen molar-refractivity contribution in [2.75, 3.05) is 12.4 Å². The second-order valence-corrected chi connectivity index (χ2v) is 4.97. The van der Waals surface area contributed by atoms with Crippen LogP contribution in [0.3, 0.4) is 0 Å². The summed E-state index contributed by atoms with van der Waals surface area (Å²) in [4.78, 5) is 12.2. The lowest BCUT2D eigenvalue weighted by Gasteiger charge is -2.32. The molecule has 3 rings (SSSR count). The van der Waals surface area contributed by atoms with E-state index in [0.29, 0.717) is 16.7 Å². The number of carbonyl (C=O) groups is 1. The van der Waals surface area contributed by atoms with Gasteiger partial charge in [-0.2, -0.15) is 0 Å².